The van der Waals surface area contributed by atoms with Crippen LogP contribution < -0.4 is 5.32 Å². The molecule has 0 aliphatic carbocycles. The molecule has 0 aliphatic heterocycles. The van der Waals surface area contributed by atoms with Crippen molar-refractivity contribution in [2.45, 2.75) is 4.90 Å². The van der Waals surface area contributed by atoms with Crippen molar-refractivity contribution in [3.63, 3.8) is 0 Å². The minimum absolute atomic E-state index is 0.0492. The lowest BCUT2D eigenvalue weighted by molar-refractivity contribution is -0.113. The van der Waals surface area contributed by atoms with Crippen LogP contribution >= 0.6 is 23.4 Å². The average Bonchev–Trinajstić information content (AvgIpc) is 3.14. The number of carboxylic acids is 1. The van der Waals surface area contributed by atoms with E-state index in [9.17, 15) is 14.7 Å². The fourth-order valence-electron chi connectivity index (χ4n) is 2.24. The van der Waals surface area contributed by atoms with Crippen LogP contribution in [0.2, 0.25) is 5.02 Å². The SMILES string of the molecule is O=C(CSc1ccccc1C(=O)O)Nc1cc(Cl)ccc1-n1cncn1. The molecule has 3 rings (SSSR count). The number of carboxylic acid groups (broad SMARTS) is 1. The van der Waals surface area contributed by atoms with E-state index in [1.54, 1.807) is 36.4 Å². The van der Waals surface area contributed by atoms with Crippen LogP contribution in [0.1, 0.15) is 10.4 Å². The highest BCUT2D eigenvalue weighted by molar-refractivity contribution is 8.00. The first-order chi connectivity index (χ1) is 12.5. The van der Waals surface area contributed by atoms with E-state index in [2.05, 4.69) is 15.4 Å². The summed E-state index contributed by atoms with van der Waals surface area (Å²) in [5, 5.41) is 16.5. The number of thioether (sulfide) groups is 1. The van der Waals surface area contributed by atoms with Gasteiger partial charge in [0.15, 0.2) is 0 Å². The first-order valence-corrected chi connectivity index (χ1v) is 8.80. The summed E-state index contributed by atoms with van der Waals surface area (Å²) >= 11 is 7.17. The second-order valence-corrected chi connectivity index (χ2v) is 6.59. The van der Waals surface area contributed by atoms with Gasteiger partial charge < -0.3 is 10.4 Å². The summed E-state index contributed by atoms with van der Waals surface area (Å²) in [7, 11) is 0. The van der Waals surface area contributed by atoms with Crippen molar-refractivity contribution in [3.05, 3.63) is 65.7 Å². The molecule has 0 bridgehead atoms. The number of benzene rings is 2. The Morgan fingerprint density at radius 2 is 2.04 bits per heavy atom. The van der Waals surface area contributed by atoms with Gasteiger partial charge in [0.2, 0.25) is 5.91 Å². The zero-order valence-corrected chi connectivity index (χ0v) is 14.9. The van der Waals surface area contributed by atoms with Gasteiger partial charge in [-0.05, 0) is 30.3 Å². The Bertz CT molecular complexity index is 947. The molecule has 26 heavy (non-hydrogen) atoms. The fourth-order valence-corrected chi connectivity index (χ4v) is 3.26. The van der Waals surface area contributed by atoms with Gasteiger partial charge in [-0.2, -0.15) is 5.10 Å². The molecular formula is C17H13ClN4O3S. The number of aromatic carboxylic acids is 1. The Kier molecular flexibility index (Phi) is 5.55. The molecule has 1 amide bonds. The maximum atomic E-state index is 12.3. The van der Waals surface area contributed by atoms with Gasteiger partial charge in [-0.1, -0.05) is 23.7 Å². The molecule has 0 saturated heterocycles. The summed E-state index contributed by atoms with van der Waals surface area (Å²) in [5.41, 5.74) is 1.27. The van der Waals surface area contributed by atoms with Crippen molar-refractivity contribution in [2.24, 2.45) is 0 Å². The van der Waals surface area contributed by atoms with Gasteiger partial charge in [-0.3, -0.25) is 4.79 Å². The Balaban J connectivity index is 1.73. The fraction of sp³-hybridized carbons (Fsp3) is 0.0588. The third-order valence-corrected chi connectivity index (χ3v) is 4.68. The number of anilines is 1. The smallest absolute Gasteiger partial charge is 0.336 e. The summed E-state index contributed by atoms with van der Waals surface area (Å²) in [4.78, 5) is 28.0. The second kappa shape index (κ2) is 8.03. The van der Waals surface area contributed by atoms with Crippen molar-refractivity contribution < 1.29 is 14.7 Å². The molecule has 2 N–H and O–H groups in total. The lowest BCUT2D eigenvalue weighted by Gasteiger charge is -2.11. The third kappa shape index (κ3) is 4.22. The van der Waals surface area contributed by atoms with E-state index in [0.29, 0.717) is 21.3 Å². The monoisotopic (exact) mass is 388 g/mol. The quantitative estimate of drug-likeness (QED) is 0.628. The maximum Gasteiger partial charge on any atom is 0.336 e. The third-order valence-electron chi connectivity index (χ3n) is 3.37. The van der Waals surface area contributed by atoms with Gasteiger partial charge in [-0.15, -0.1) is 11.8 Å². The molecule has 132 valence electrons. The molecule has 2 aromatic carbocycles. The van der Waals surface area contributed by atoms with E-state index in [1.807, 2.05) is 0 Å². The predicted molar refractivity (Wildman–Crippen MR) is 99.1 cm³/mol. The number of nitrogens with one attached hydrogen (secondary N) is 1. The van der Waals surface area contributed by atoms with Crippen molar-refractivity contribution >= 4 is 40.9 Å². The molecule has 3 aromatic rings. The Labute approximate surface area is 158 Å². The van der Waals surface area contributed by atoms with Crippen molar-refractivity contribution in [1.29, 1.82) is 0 Å². The summed E-state index contributed by atoms with van der Waals surface area (Å²) < 4.78 is 1.51. The number of aromatic nitrogens is 3. The Morgan fingerprint density at radius 1 is 1.23 bits per heavy atom. The summed E-state index contributed by atoms with van der Waals surface area (Å²) in [6.45, 7) is 0. The summed E-state index contributed by atoms with van der Waals surface area (Å²) in [6, 6.07) is 11.6. The van der Waals surface area contributed by atoms with Crippen molar-refractivity contribution in [3.8, 4) is 5.69 Å². The zero-order valence-electron chi connectivity index (χ0n) is 13.3. The van der Waals surface area contributed by atoms with Crippen LogP contribution in [0.4, 0.5) is 5.69 Å². The van der Waals surface area contributed by atoms with Crippen LogP contribution in [0.5, 0.6) is 0 Å². The standard InChI is InChI=1S/C17H13ClN4O3S/c18-11-5-6-14(22-10-19-9-20-22)13(7-11)21-16(23)8-26-15-4-2-1-3-12(15)17(24)25/h1-7,9-10H,8H2,(H,21,23)(H,24,25). The van der Waals surface area contributed by atoms with Crippen LogP contribution in [0.15, 0.2) is 60.0 Å². The van der Waals surface area contributed by atoms with Crippen molar-refractivity contribution in [1.82, 2.24) is 14.8 Å². The molecular weight excluding hydrogens is 376 g/mol. The number of amides is 1. The second-order valence-electron chi connectivity index (χ2n) is 5.14. The molecule has 1 heterocycles. The van der Waals surface area contributed by atoms with E-state index in [4.69, 9.17) is 11.6 Å². The number of rotatable bonds is 6. The molecule has 7 nitrogen and oxygen atoms in total. The van der Waals surface area contributed by atoms with Crippen LogP contribution in [0.3, 0.4) is 0 Å². The van der Waals surface area contributed by atoms with Gasteiger partial charge >= 0.3 is 5.97 Å². The van der Waals surface area contributed by atoms with E-state index in [-0.39, 0.29) is 17.2 Å². The molecule has 9 heteroatoms. The zero-order chi connectivity index (χ0) is 18.5. The van der Waals surface area contributed by atoms with E-state index in [0.717, 1.165) is 11.8 Å². The number of halogens is 1. The molecule has 0 saturated carbocycles. The highest BCUT2D eigenvalue weighted by atomic mass is 35.5. The van der Waals surface area contributed by atoms with Crippen LogP contribution in [-0.2, 0) is 4.79 Å². The molecule has 0 fully saturated rings. The molecule has 0 aliphatic rings. The minimum atomic E-state index is -1.03. The van der Waals surface area contributed by atoms with Crippen LogP contribution in [0, 0.1) is 0 Å². The molecule has 0 atom stereocenters. The maximum absolute atomic E-state index is 12.3. The molecule has 0 spiro atoms. The average molecular weight is 389 g/mol. The van der Waals surface area contributed by atoms with Gasteiger partial charge in [0.1, 0.15) is 12.7 Å². The number of hydrogen-bond acceptors (Lipinski definition) is 5. The van der Waals surface area contributed by atoms with Gasteiger partial charge in [-0.25, -0.2) is 14.5 Å². The van der Waals surface area contributed by atoms with Gasteiger partial charge in [0, 0.05) is 9.92 Å². The number of nitrogens with zero attached hydrogens (tertiary/aromatic N) is 3. The van der Waals surface area contributed by atoms with Crippen molar-refractivity contribution in [2.75, 3.05) is 11.1 Å². The topological polar surface area (TPSA) is 97.1 Å². The van der Waals surface area contributed by atoms with Gasteiger partial charge in [0.05, 0.1) is 22.7 Å². The van der Waals surface area contributed by atoms with E-state index in [1.165, 1.54) is 23.4 Å². The summed E-state index contributed by atoms with van der Waals surface area (Å²) in [5.74, 6) is -1.27. The minimum Gasteiger partial charge on any atom is -0.478 e. The highest BCUT2D eigenvalue weighted by Crippen LogP contribution is 2.26. The first-order valence-electron chi connectivity index (χ1n) is 7.44. The van der Waals surface area contributed by atoms with Crippen LogP contribution in [-0.4, -0.2) is 37.5 Å². The number of hydrogen-bond donors (Lipinski definition) is 2. The van der Waals surface area contributed by atoms with E-state index < -0.39 is 5.97 Å². The lowest BCUT2D eigenvalue weighted by atomic mass is 10.2. The molecule has 1 aromatic heterocycles. The molecule has 0 radical (unpaired) electrons. The highest BCUT2D eigenvalue weighted by Gasteiger charge is 2.13. The first kappa shape index (κ1) is 18.0. The normalized spacial score (nSPS) is 10.5. The summed E-state index contributed by atoms with van der Waals surface area (Å²) in [6.07, 6.45) is 2.90. The number of carbonyl (C=O) groups is 2. The largest absolute Gasteiger partial charge is 0.478 e. The van der Waals surface area contributed by atoms with Gasteiger partial charge in [0.25, 0.3) is 0 Å². The predicted octanol–water partition coefficient (Wildman–Crippen LogP) is 3.35. The number of carbonyl (C=O) groups excluding carboxylic acids is 1. The lowest BCUT2D eigenvalue weighted by Crippen LogP contribution is -2.16. The van der Waals surface area contributed by atoms with E-state index >= 15 is 0 Å². The molecule has 0 unspecified atom stereocenters. The Morgan fingerprint density at radius 3 is 2.77 bits per heavy atom. The van der Waals surface area contributed by atoms with Crippen LogP contribution in [0.25, 0.3) is 5.69 Å². The Hall–Kier alpha value is -2.84.